The van der Waals surface area contributed by atoms with E-state index < -0.39 is 22.8 Å². The van der Waals surface area contributed by atoms with Gasteiger partial charge in [0.25, 0.3) is 5.95 Å². The molecule has 1 aromatic rings. The van der Waals surface area contributed by atoms with Gasteiger partial charge in [-0.3, -0.25) is 4.68 Å². The van der Waals surface area contributed by atoms with Gasteiger partial charge in [0.05, 0.1) is 0 Å². The molecule has 0 aromatic carbocycles. The number of halogens is 5. The van der Waals surface area contributed by atoms with Crippen LogP contribution in [0.5, 0.6) is 0 Å². The molecule has 0 saturated carbocycles. The number of aromatic nitrogens is 2. The van der Waals surface area contributed by atoms with Gasteiger partial charge in [-0.15, -0.1) is 5.10 Å². The van der Waals surface area contributed by atoms with E-state index in [9.17, 15) is 17.6 Å². The maximum atomic E-state index is 12.4. The number of nitrogens with zero attached hydrogens (tertiary/aromatic N) is 2. The van der Waals surface area contributed by atoms with E-state index in [4.69, 9.17) is 11.6 Å². The molecule has 0 fully saturated rings. The maximum absolute atomic E-state index is 12.4. The zero-order valence-electron chi connectivity index (χ0n) is 5.78. The van der Waals surface area contributed by atoms with Crippen molar-refractivity contribution < 1.29 is 17.6 Å². The number of aryl methyl sites for hydroxylation is 1. The average Bonchev–Trinajstić information content (AvgIpc) is 2.05. The van der Waals surface area contributed by atoms with Gasteiger partial charge in [0, 0.05) is 7.05 Å². The van der Waals surface area contributed by atoms with Crippen LogP contribution >= 0.6 is 11.6 Å². The van der Waals surface area contributed by atoms with E-state index in [1.54, 1.807) is 0 Å². The molecule has 1 heterocycles. The zero-order chi connectivity index (χ0) is 9.52. The van der Waals surface area contributed by atoms with E-state index in [-0.39, 0.29) is 0 Å². The monoisotopic (exact) mass is 202 g/mol. The summed E-state index contributed by atoms with van der Waals surface area (Å²) in [6.07, 6.45) is -4.68. The average molecular weight is 203 g/mol. The molecule has 7 heteroatoms. The van der Waals surface area contributed by atoms with Crippen molar-refractivity contribution in [3.05, 3.63) is 16.7 Å². The highest BCUT2D eigenvalue weighted by molar-refractivity contribution is 6.31. The molecule has 0 unspecified atom stereocenters. The van der Waals surface area contributed by atoms with Crippen molar-refractivity contribution in [1.82, 2.24) is 9.78 Å². The largest absolute Gasteiger partial charge is 0.434 e. The number of rotatable bonds is 0. The third-order valence-electron chi connectivity index (χ3n) is 1.22. The van der Waals surface area contributed by atoms with Gasteiger partial charge in [-0.25, -0.2) is 0 Å². The third-order valence-corrected chi connectivity index (χ3v) is 1.55. The lowest BCUT2D eigenvalue weighted by molar-refractivity contribution is -0.143. The van der Waals surface area contributed by atoms with E-state index >= 15 is 0 Å². The van der Waals surface area contributed by atoms with E-state index in [1.807, 2.05) is 0 Å². The molecule has 2 nitrogen and oxygen atoms in total. The van der Waals surface area contributed by atoms with Crippen LogP contribution < -0.4 is 0 Å². The second kappa shape index (κ2) is 2.62. The molecule has 0 spiro atoms. The molecule has 0 aliphatic carbocycles. The van der Waals surface area contributed by atoms with Gasteiger partial charge < -0.3 is 0 Å². The summed E-state index contributed by atoms with van der Waals surface area (Å²) < 4.78 is 48.8. The van der Waals surface area contributed by atoms with Crippen molar-refractivity contribution in [1.29, 1.82) is 0 Å². The summed E-state index contributed by atoms with van der Waals surface area (Å²) in [6.45, 7) is 0. The summed E-state index contributed by atoms with van der Waals surface area (Å²) in [4.78, 5) is 0. The van der Waals surface area contributed by atoms with Crippen molar-refractivity contribution in [2.75, 3.05) is 0 Å². The van der Waals surface area contributed by atoms with Gasteiger partial charge in [0.2, 0.25) is 0 Å². The summed E-state index contributed by atoms with van der Waals surface area (Å²) in [5, 5.41) is 1.88. The first kappa shape index (κ1) is 9.31. The highest BCUT2D eigenvalue weighted by Crippen LogP contribution is 2.35. The Morgan fingerprint density at radius 3 is 2.08 bits per heavy atom. The Kier molecular flexibility index (Phi) is 2.03. The molecule has 0 bridgehead atoms. The topological polar surface area (TPSA) is 17.8 Å². The molecular weight excluding hydrogens is 200 g/mol. The lowest BCUT2D eigenvalue weighted by Crippen LogP contribution is -2.12. The summed E-state index contributed by atoms with van der Waals surface area (Å²) in [6, 6.07) is 0. The normalized spacial score (nSPS) is 12.2. The molecule has 0 radical (unpaired) electrons. The van der Waals surface area contributed by atoms with Crippen LogP contribution in [-0.2, 0) is 13.2 Å². The fraction of sp³-hybridized carbons (Fsp3) is 0.400. The summed E-state index contributed by atoms with van der Waals surface area (Å²) >= 11 is 5.02. The predicted molar refractivity (Wildman–Crippen MR) is 33.2 cm³/mol. The molecule has 0 saturated heterocycles. The fourth-order valence-corrected chi connectivity index (χ4v) is 1.04. The van der Waals surface area contributed by atoms with Crippen molar-refractivity contribution in [2.24, 2.45) is 7.05 Å². The van der Waals surface area contributed by atoms with Crippen LogP contribution in [0, 0.1) is 5.95 Å². The Labute approximate surface area is 69.7 Å². The fourth-order valence-electron chi connectivity index (χ4n) is 0.773. The highest BCUT2D eigenvalue weighted by atomic mass is 35.5. The van der Waals surface area contributed by atoms with Crippen LogP contribution in [0.25, 0.3) is 0 Å². The van der Waals surface area contributed by atoms with Crippen LogP contribution in [0.2, 0.25) is 5.02 Å². The molecular formula is C5H3ClF4N2. The minimum Gasteiger partial charge on any atom is -0.259 e. The van der Waals surface area contributed by atoms with E-state index in [2.05, 4.69) is 5.10 Å². The minimum absolute atomic E-state index is 0.359. The molecule has 0 aliphatic rings. The smallest absolute Gasteiger partial charge is 0.259 e. The molecule has 1 rings (SSSR count). The first-order valence-electron chi connectivity index (χ1n) is 2.79. The summed E-state index contributed by atoms with van der Waals surface area (Å²) in [5.74, 6) is -1.31. The molecule has 12 heavy (non-hydrogen) atoms. The Hall–Kier alpha value is -0.780. The van der Waals surface area contributed by atoms with Gasteiger partial charge in [0.1, 0.15) is 5.02 Å². The predicted octanol–water partition coefficient (Wildman–Crippen LogP) is 2.23. The molecule has 68 valence electrons. The van der Waals surface area contributed by atoms with Gasteiger partial charge in [0.15, 0.2) is 5.69 Å². The summed E-state index contributed by atoms with van der Waals surface area (Å²) in [7, 11) is 0.970. The Bertz CT molecular complexity index is 303. The van der Waals surface area contributed by atoms with Gasteiger partial charge in [-0.1, -0.05) is 11.6 Å². The van der Waals surface area contributed by atoms with Gasteiger partial charge in [-0.2, -0.15) is 17.6 Å². The van der Waals surface area contributed by atoms with Crippen LogP contribution in [0.3, 0.4) is 0 Å². The minimum atomic E-state index is -4.68. The molecule has 0 N–H and O–H groups in total. The first-order chi connectivity index (χ1) is 5.34. The van der Waals surface area contributed by atoms with Crippen molar-refractivity contribution in [3.63, 3.8) is 0 Å². The van der Waals surface area contributed by atoms with Crippen LogP contribution in [0.1, 0.15) is 5.69 Å². The zero-order valence-corrected chi connectivity index (χ0v) is 6.54. The Balaban J connectivity index is 3.32. The van der Waals surface area contributed by atoms with Crippen molar-refractivity contribution in [3.8, 4) is 0 Å². The molecule has 0 aliphatic heterocycles. The van der Waals surface area contributed by atoms with Crippen LogP contribution in [-0.4, -0.2) is 9.78 Å². The van der Waals surface area contributed by atoms with E-state index in [0.29, 0.717) is 4.68 Å². The number of hydrogen-bond donors (Lipinski definition) is 0. The second-order valence-electron chi connectivity index (χ2n) is 2.07. The molecule has 1 aromatic heterocycles. The lowest BCUT2D eigenvalue weighted by Gasteiger charge is -2.05. The Morgan fingerprint density at radius 1 is 1.42 bits per heavy atom. The highest BCUT2D eigenvalue weighted by Gasteiger charge is 2.39. The molecule has 0 amide bonds. The van der Waals surface area contributed by atoms with E-state index in [0.717, 1.165) is 7.05 Å². The van der Waals surface area contributed by atoms with E-state index in [1.165, 1.54) is 0 Å². The van der Waals surface area contributed by atoms with Gasteiger partial charge >= 0.3 is 6.18 Å². The van der Waals surface area contributed by atoms with Gasteiger partial charge in [-0.05, 0) is 0 Å². The van der Waals surface area contributed by atoms with Crippen molar-refractivity contribution >= 4 is 11.6 Å². The lowest BCUT2D eigenvalue weighted by atomic mass is 10.4. The SMILES string of the molecule is Cn1nc(F)c(Cl)c1C(F)(F)F. The quantitative estimate of drug-likeness (QED) is 0.590. The third kappa shape index (κ3) is 1.38. The molecule has 0 atom stereocenters. The summed E-state index contributed by atoms with van der Waals surface area (Å²) in [5.41, 5.74) is -1.28. The number of alkyl halides is 3. The number of hydrogen-bond acceptors (Lipinski definition) is 1. The second-order valence-corrected chi connectivity index (χ2v) is 2.45. The Morgan fingerprint density at radius 2 is 1.92 bits per heavy atom. The standard InChI is InChI=1S/C5H3ClF4N2/c1-12-3(5(8,9)10)2(6)4(7)11-12/h1H3. The van der Waals surface area contributed by atoms with Crippen LogP contribution in [0.4, 0.5) is 17.6 Å². The van der Waals surface area contributed by atoms with Crippen LogP contribution in [0.15, 0.2) is 0 Å². The first-order valence-corrected chi connectivity index (χ1v) is 3.17. The maximum Gasteiger partial charge on any atom is 0.434 e. The van der Waals surface area contributed by atoms with Crippen molar-refractivity contribution in [2.45, 2.75) is 6.18 Å².